The molecule has 1 aliphatic heterocycles. The van der Waals surface area contributed by atoms with Crippen LogP contribution in [0.15, 0.2) is 24.3 Å². The molecular weight excluding hydrogens is 243 g/mol. The molecule has 1 aromatic rings. The third-order valence-electron chi connectivity index (χ3n) is 3.59. The van der Waals surface area contributed by atoms with Gasteiger partial charge in [0, 0.05) is 12.6 Å². The normalized spacial score (nSPS) is 20.2. The molecule has 0 radical (unpaired) electrons. The van der Waals surface area contributed by atoms with Gasteiger partial charge in [-0.15, -0.1) is 0 Å². The Labute approximate surface area is 113 Å². The Morgan fingerprint density at radius 3 is 2.79 bits per heavy atom. The van der Waals surface area contributed by atoms with Crippen LogP contribution in [0.3, 0.4) is 0 Å². The van der Waals surface area contributed by atoms with Crippen LogP contribution in [0.1, 0.15) is 37.8 Å². The number of carbonyl (C=O) groups is 1. The van der Waals surface area contributed by atoms with Crippen molar-refractivity contribution in [2.45, 2.75) is 32.2 Å². The average molecular weight is 264 g/mol. The number of hydrogen-bond donors (Lipinski definition) is 1. The van der Waals surface area contributed by atoms with Crippen molar-refractivity contribution < 1.29 is 9.18 Å². The van der Waals surface area contributed by atoms with Crippen molar-refractivity contribution >= 4 is 5.91 Å². The van der Waals surface area contributed by atoms with E-state index in [0.717, 1.165) is 31.4 Å². The van der Waals surface area contributed by atoms with Crippen molar-refractivity contribution in [1.29, 1.82) is 0 Å². The monoisotopic (exact) mass is 264 g/mol. The van der Waals surface area contributed by atoms with E-state index in [9.17, 15) is 9.18 Å². The van der Waals surface area contributed by atoms with Gasteiger partial charge in [-0.3, -0.25) is 9.69 Å². The van der Waals surface area contributed by atoms with Gasteiger partial charge < -0.3 is 5.32 Å². The Morgan fingerprint density at radius 1 is 1.37 bits per heavy atom. The molecule has 1 atom stereocenters. The number of piperidine rings is 1. The Balaban J connectivity index is 2.07. The Bertz CT molecular complexity index is 419. The molecule has 0 unspecified atom stereocenters. The number of hydrogen-bond acceptors (Lipinski definition) is 2. The van der Waals surface area contributed by atoms with Crippen LogP contribution in [0.4, 0.5) is 4.39 Å². The topological polar surface area (TPSA) is 32.3 Å². The number of benzene rings is 1. The summed E-state index contributed by atoms with van der Waals surface area (Å²) in [5.74, 6) is -0.147. The van der Waals surface area contributed by atoms with Gasteiger partial charge in [-0.1, -0.05) is 18.6 Å². The Kier molecular flexibility index (Phi) is 4.91. The van der Waals surface area contributed by atoms with Gasteiger partial charge >= 0.3 is 0 Å². The van der Waals surface area contributed by atoms with Gasteiger partial charge in [0.05, 0.1) is 6.54 Å². The second-order valence-corrected chi connectivity index (χ2v) is 4.99. The first kappa shape index (κ1) is 14.0. The van der Waals surface area contributed by atoms with Gasteiger partial charge in [-0.25, -0.2) is 4.39 Å². The van der Waals surface area contributed by atoms with Crippen molar-refractivity contribution in [1.82, 2.24) is 10.2 Å². The Morgan fingerprint density at radius 2 is 2.11 bits per heavy atom. The summed E-state index contributed by atoms with van der Waals surface area (Å²) in [6.07, 6.45) is 3.32. The van der Waals surface area contributed by atoms with Crippen LogP contribution in [0.2, 0.25) is 0 Å². The smallest absolute Gasteiger partial charge is 0.234 e. The zero-order valence-corrected chi connectivity index (χ0v) is 11.4. The number of likely N-dealkylation sites (tertiary alicyclic amines) is 1. The number of nitrogens with zero attached hydrogens (tertiary/aromatic N) is 1. The van der Waals surface area contributed by atoms with E-state index in [-0.39, 0.29) is 17.8 Å². The van der Waals surface area contributed by atoms with E-state index in [2.05, 4.69) is 10.2 Å². The zero-order valence-electron chi connectivity index (χ0n) is 11.4. The molecule has 1 aliphatic rings. The number of carbonyl (C=O) groups excluding carboxylic acids is 1. The summed E-state index contributed by atoms with van der Waals surface area (Å²) in [4.78, 5) is 13.9. The van der Waals surface area contributed by atoms with Crippen LogP contribution < -0.4 is 5.32 Å². The average Bonchev–Trinajstić information content (AvgIpc) is 2.41. The number of amides is 1. The summed E-state index contributed by atoms with van der Waals surface area (Å²) in [7, 11) is 0. The second kappa shape index (κ2) is 6.66. The van der Waals surface area contributed by atoms with Gasteiger partial charge in [-0.2, -0.15) is 0 Å². The molecule has 1 N–H and O–H groups in total. The summed E-state index contributed by atoms with van der Waals surface area (Å²) in [5, 5.41) is 2.83. The van der Waals surface area contributed by atoms with E-state index in [1.54, 1.807) is 0 Å². The third-order valence-corrected chi connectivity index (χ3v) is 3.59. The van der Waals surface area contributed by atoms with Crippen molar-refractivity contribution in [2.75, 3.05) is 19.6 Å². The molecule has 1 heterocycles. The highest BCUT2D eigenvalue weighted by atomic mass is 19.1. The molecule has 0 spiro atoms. The summed E-state index contributed by atoms with van der Waals surface area (Å²) in [5.41, 5.74) is 1.10. The molecule has 1 aromatic carbocycles. The quantitative estimate of drug-likeness (QED) is 0.906. The Hall–Kier alpha value is -1.42. The molecular formula is C15H21FN2O. The largest absolute Gasteiger partial charge is 0.355 e. The molecule has 2 rings (SSSR count). The molecule has 1 amide bonds. The molecule has 0 aromatic heterocycles. The molecule has 19 heavy (non-hydrogen) atoms. The van der Waals surface area contributed by atoms with E-state index in [0.29, 0.717) is 13.1 Å². The molecule has 0 aliphatic carbocycles. The first-order valence-electron chi connectivity index (χ1n) is 6.97. The van der Waals surface area contributed by atoms with Crippen LogP contribution in [0, 0.1) is 5.82 Å². The highest BCUT2D eigenvalue weighted by Crippen LogP contribution is 2.30. The minimum atomic E-state index is -0.213. The number of rotatable bonds is 4. The van der Waals surface area contributed by atoms with Gasteiger partial charge in [0.1, 0.15) is 5.82 Å². The molecule has 0 bridgehead atoms. The highest BCUT2D eigenvalue weighted by Gasteiger charge is 2.25. The molecule has 3 nitrogen and oxygen atoms in total. The maximum absolute atomic E-state index is 13.0. The lowest BCUT2D eigenvalue weighted by Crippen LogP contribution is -2.41. The molecule has 4 heteroatoms. The number of nitrogens with one attached hydrogen (secondary N) is 1. The minimum Gasteiger partial charge on any atom is -0.355 e. The van der Waals surface area contributed by atoms with Gasteiger partial charge in [-0.05, 0) is 44.0 Å². The molecule has 1 saturated heterocycles. The van der Waals surface area contributed by atoms with E-state index in [1.807, 2.05) is 19.1 Å². The lowest BCUT2D eigenvalue weighted by atomic mass is 9.95. The second-order valence-electron chi connectivity index (χ2n) is 4.99. The van der Waals surface area contributed by atoms with Crippen molar-refractivity contribution in [3.05, 3.63) is 35.6 Å². The van der Waals surface area contributed by atoms with E-state index in [4.69, 9.17) is 0 Å². The highest BCUT2D eigenvalue weighted by molar-refractivity contribution is 5.78. The summed E-state index contributed by atoms with van der Waals surface area (Å²) >= 11 is 0. The number of halogens is 1. The fraction of sp³-hybridized carbons (Fsp3) is 0.533. The first-order chi connectivity index (χ1) is 9.20. The fourth-order valence-corrected chi connectivity index (χ4v) is 2.68. The van der Waals surface area contributed by atoms with E-state index in [1.165, 1.54) is 12.1 Å². The van der Waals surface area contributed by atoms with Gasteiger partial charge in [0.25, 0.3) is 0 Å². The van der Waals surface area contributed by atoms with E-state index < -0.39 is 0 Å². The van der Waals surface area contributed by atoms with Crippen LogP contribution in [-0.4, -0.2) is 30.4 Å². The maximum atomic E-state index is 13.0. The SMILES string of the molecule is CCNC(=O)CN1CCCC[C@@H]1c1ccc(F)cc1. The summed E-state index contributed by atoms with van der Waals surface area (Å²) in [6.45, 7) is 3.94. The lowest BCUT2D eigenvalue weighted by molar-refractivity contribution is -0.123. The van der Waals surface area contributed by atoms with Crippen LogP contribution in [0.25, 0.3) is 0 Å². The summed E-state index contributed by atoms with van der Waals surface area (Å²) < 4.78 is 13.0. The van der Waals surface area contributed by atoms with Crippen LogP contribution >= 0.6 is 0 Å². The minimum absolute atomic E-state index is 0.0662. The first-order valence-corrected chi connectivity index (χ1v) is 6.97. The number of likely N-dealkylation sites (N-methyl/N-ethyl adjacent to an activating group) is 1. The van der Waals surface area contributed by atoms with Crippen molar-refractivity contribution in [3.8, 4) is 0 Å². The van der Waals surface area contributed by atoms with Crippen molar-refractivity contribution in [2.24, 2.45) is 0 Å². The van der Waals surface area contributed by atoms with E-state index >= 15 is 0 Å². The maximum Gasteiger partial charge on any atom is 0.234 e. The van der Waals surface area contributed by atoms with Crippen molar-refractivity contribution in [3.63, 3.8) is 0 Å². The lowest BCUT2D eigenvalue weighted by Gasteiger charge is -2.35. The van der Waals surface area contributed by atoms with Crippen LogP contribution in [0.5, 0.6) is 0 Å². The summed E-state index contributed by atoms with van der Waals surface area (Å²) in [6, 6.07) is 6.88. The van der Waals surface area contributed by atoms with Gasteiger partial charge in [0.2, 0.25) is 5.91 Å². The fourth-order valence-electron chi connectivity index (χ4n) is 2.68. The predicted molar refractivity (Wildman–Crippen MR) is 73.2 cm³/mol. The van der Waals surface area contributed by atoms with Gasteiger partial charge in [0.15, 0.2) is 0 Å². The molecule has 104 valence electrons. The molecule has 0 saturated carbocycles. The van der Waals surface area contributed by atoms with Crippen LogP contribution in [-0.2, 0) is 4.79 Å². The zero-order chi connectivity index (χ0) is 13.7. The third kappa shape index (κ3) is 3.77. The molecule has 1 fully saturated rings. The standard InChI is InChI=1S/C15H21FN2O/c1-2-17-15(19)11-18-10-4-3-5-14(18)12-6-8-13(16)9-7-12/h6-9,14H,2-5,10-11H2,1H3,(H,17,19)/t14-/m1/s1. The predicted octanol–water partition coefficient (Wildman–Crippen LogP) is 2.49.